The van der Waals surface area contributed by atoms with Crippen LogP contribution in [0, 0.1) is 5.82 Å². The van der Waals surface area contributed by atoms with Crippen molar-refractivity contribution < 1.29 is 28.1 Å². The molecule has 2 unspecified atom stereocenters. The number of halogens is 1. The number of carbonyl (C=O) groups excluding carboxylic acids is 1. The molecule has 6 rings (SSSR count). The van der Waals surface area contributed by atoms with Crippen LogP contribution in [0.1, 0.15) is 48.5 Å². The van der Waals surface area contributed by atoms with Gasteiger partial charge in [-0.25, -0.2) is 9.37 Å². The van der Waals surface area contributed by atoms with Gasteiger partial charge in [-0.3, -0.25) is 4.79 Å². The van der Waals surface area contributed by atoms with Crippen molar-refractivity contribution in [3.8, 4) is 17.2 Å². The maximum atomic E-state index is 14.0. The number of anilines is 1. The molecule has 2 fully saturated rings. The normalized spacial score (nSPS) is 20.1. The number of nitrogens with zero attached hydrogens (tertiary/aromatic N) is 3. The van der Waals surface area contributed by atoms with Crippen LogP contribution < -0.4 is 24.8 Å². The number of ketones is 1. The average molecular weight is 674 g/mol. The van der Waals surface area contributed by atoms with Crippen LogP contribution in [0.3, 0.4) is 0 Å². The molecule has 0 bridgehead atoms. The molecule has 3 aromatic carbocycles. The number of benzene rings is 3. The number of para-hydroxylation sites is 2. The highest BCUT2D eigenvalue weighted by Gasteiger charge is 2.44. The Labute approximate surface area is 287 Å². The van der Waals surface area contributed by atoms with Gasteiger partial charge in [0.15, 0.2) is 17.3 Å². The van der Waals surface area contributed by atoms with E-state index in [9.17, 15) is 9.18 Å². The lowest BCUT2D eigenvalue weighted by Gasteiger charge is -2.36. The minimum atomic E-state index is -0.436. The third kappa shape index (κ3) is 7.39. The molecule has 0 amide bonds. The Balaban J connectivity index is 1.12. The fraction of sp³-hybridized carbons (Fsp3) is 0.474. The van der Waals surface area contributed by atoms with Gasteiger partial charge >= 0.3 is 0 Å². The van der Waals surface area contributed by atoms with Gasteiger partial charge in [0, 0.05) is 44.2 Å². The van der Waals surface area contributed by atoms with E-state index >= 15 is 0 Å². The molecule has 2 saturated heterocycles. The maximum absolute atomic E-state index is 14.0. The van der Waals surface area contributed by atoms with Crippen molar-refractivity contribution in [1.82, 2.24) is 19.8 Å². The van der Waals surface area contributed by atoms with E-state index in [4.69, 9.17) is 23.9 Å². The SMILES string of the molecule is CCOCCn1c(NC2CCN(CCC3(c4ccc(F)cc4)CNC(C(=O)c4ccc(OC)c(OC)c4OC)C3)CC2)nc2ccccc21. The first-order valence-electron chi connectivity index (χ1n) is 17.2. The molecular formula is C38H48FN5O5. The number of methoxy groups -OCH3 is 3. The minimum Gasteiger partial charge on any atom is -0.493 e. The summed E-state index contributed by atoms with van der Waals surface area (Å²) < 4.78 is 38.5. The quantitative estimate of drug-likeness (QED) is 0.122. The van der Waals surface area contributed by atoms with E-state index in [0.29, 0.717) is 55.0 Å². The number of nitrogens with one attached hydrogen (secondary N) is 2. The monoisotopic (exact) mass is 673 g/mol. The summed E-state index contributed by atoms with van der Waals surface area (Å²) in [6.07, 6.45) is 3.42. The van der Waals surface area contributed by atoms with Crippen molar-refractivity contribution in [3.63, 3.8) is 0 Å². The Bertz CT molecular complexity index is 1720. The minimum absolute atomic E-state index is 0.0686. The van der Waals surface area contributed by atoms with Gasteiger partial charge in [-0.05, 0) is 81.1 Å². The third-order valence-electron chi connectivity index (χ3n) is 10.2. The van der Waals surface area contributed by atoms with Crippen LogP contribution in [0.5, 0.6) is 17.2 Å². The van der Waals surface area contributed by atoms with Gasteiger partial charge in [-0.15, -0.1) is 0 Å². The number of imidazole rings is 1. The van der Waals surface area contributed by atoms with Crippen molar-refractivity contribution in [2.45, 2.75) is 56.7 Å². The summed E-state index contributed by atoms with van der Waals surface area (Å²) in [5.74, 6) is 1.80. The third-order valence-corrected chi connectivity index (χ3v) is 10.2. The van der Waals surface area contributed by atoms with Crippen molar-refractivity contribution in [2.24, 2.45) is 0 Å². The summed E-state index contributed by atoms with van der Waals surface area (Å²) in [6, 6.07) is 18.3. The molecule has 3 heterocycles. The zero-order valence-corrected chi connectivity index (χ0v) is 29.0. The fourth-order valence-electron chi connectivity index (χ4n) is 7.45. The van der Waals surface area contributed by atoms with E-state index in [-0.39, 0.29) is 17.0 Å². The fourth-order valence-corrected chi connectivity index (χ4v) is 7.45. The summed E-state index contributed by atoms with van der Waals surface area (Å²) in [7, 11) is 4.60. The Morgan fingerprint density at radius 1 is 0.980 bits per heavy atom. The zero-order chi connectivity index (χ0) is 34.4. The largest absolute Gasteiger partial charge is 0.493 e. The number of rotatable bonds is 15. The molecule has 2 aliphatic heterocycles. The van der Waals surface area contributed by atoms with E-state index < -0.39 is 6.04 Å². The Morgan fingerprint density at radius 2 is 1.73 bits per heavy atom. The number of likely N-dealkylation sites (tertiary alicyclic amines) is 1. The van der Waals surface area contributed by atoms with Crippen molar-refractivity contribution in [1.29, 1.82) is 0 Å². The molecule has 2 atom stereocenters. The molecule has 11 heteroatoms. The highest BCUT2D eigenvalue weighted by molar-refractivity contribution is 6.03. The lowest BCUT2D eigenvalue weighted by atomic mass is 9.75. The number of Topliss-reactive ketones (excluding diaryl/α,β-unsaturated/α-hetero) is 1. The number of hydrogen-bond acceptors (Lipinski definition) is 9. The summed E-state index contributed by atoms with van der Waals surface area (Å²) in [4.78, 5) is 21.4. The Kier molecular flexibility index (Phi) is 11.0. The van der Waals surface area contributed by atoms with E-state index in [1.54, 1.807) is 19.2 Å². The first-order valence-corrected chi connectivity index (χ1v) is 17.2. The smallest absolute Gasteiger partial charge is 0.204 e. The number of fused-ring (bicyclic) bond motifs is 1. The number of hydrogen-bond donors (Lipinski definition) is 2. The average Bonchev–Trinajstić information content (AvgIpc) is 3.73. The number of aromatic nitrogens is 2. The second-order valence-electron chi connectivity index (χ2n) is 13.0. The molecular weight excluding hydrogens is 625 g/mol. The number of piperidine rings is 1. The van der Waals surface area contributed by atoms with Crippen LogP contribution in [0.15, 0.2) is 60.7 Å². The van der Waals surface area contributed by atoms with E-state index in [1.165, 1.54) is 26.4 Å². The predicted molar refractivity (Wildman–Crippen MR) is 189 cm³/mol. The molecule has 10 nitrogen and oxygen atoms in total. The number of carbonyl (C=O) groups is 1. The highest BCUT2D eigenvalue weighted by Crippen LogP contribution is 2.43. The molecule has 0 radical (unpaired) electrons. The van der Waals surface area contributed by atoms with Gasteiger partial charge in [0.05, 0.1) is 50.6 Å². The summed E-state index contributed by atoms with van der Waals surface area (Å²) in [5, 5.41) is 7.26. The van der Waals surface area contributed by atoms with Gasteiger partial charge < -0.3 is 39.0 Å². The van der Waals surface area contributed by atoms with Gasteiger partial charge in [0.25, 0.3) is 0 Å². The van der Waals surface area contributed by atoms with Crippen molar-refractivity contribution in [3.05, 3.63) is 77.6 Å². The van der Waals surface area contributed by atoms with Crippen LogP contribution in [0.25, 0.3) is 11.0 Å². The Hall–Kier alpha value is -4.19. The van der Waals surface area contributed by atoms with Crippen LogP contribution in [-0.2, 0) is 16.7 Å². The highest BCUT2D eigenvalue weighted by atomic mass is 19.1. The summed E-state index contributed by atoms with van der Waals surface area (Å²) in [6.45, 7) is 7.49. The molecule has 1 aromatic heterocycles. The number of ether oxygens (including phenoxy) is 4. The van der Waals surface area contributed by atoms with Gasteiger partial charge in [-0.2, -0.15) is 0 Å². The molecule has 0 aliphatic carbocycles. The van der Waals surface area contributed by atoms with Gasteiger partial charge in [-0.1, -0.05) is 24.3 Å². The van der Waals surface area contributed by atoms with Gasteiger partial charge in [0.1, 0.15) is 5.82 Å². The second-order valence-corrected chi connectivity index (χ2v) is 13.0. The molecule has 2 N–H and O–H groups in total. The van der Waals surface area contributed by atoms with E-state index in [1.807, 2.05) is 31.2 Å². The van der Waals surface area contributed by atoms with Crippen molar-refractivity contribution in [2.75, 3.05) is 66.0 Å². The van der Waals surface area contributed by atoms with Crippen molar-refractivity contribution >= 4 is 22.8 Å². The van der Waals surface area contributed by atoms with Crippen LogP contribution >= 0.6 is 0 Å². The van der Waals surface area contributed by atoms with Gasteiger partial charge in [0.2, 0.25) is 11.7 Å². The molecule has 262 valence electrons. The zero-order valence-electron chi connectivity index (χ0n) is 29.0. The molecule has 49 heavy (non-hydrogen) atoms. The second kappa shape index (κ2) is 15.6. The lowest BCUT2D eigenvalue weighted by molar-refractivity contribution is 0.0944. The first kappa shape index (κ1) is 34.7. The summed E-state index contributed by atoms with van der Waals surface area (Å²) in [5.41, 5.74) is 3.24. The lowest BCUT2D eigenvalue weighted by Crippen LogP contribution is -2.42. The molecule has 4 aromatic rings. The van der Waals surface area contributed by atoms with E-state index in [0.717, 1.165) is 68.0 Å². The van der Waals surface area contributed by atoms with Crippen LogP contribution in [-0.4, -0.2) is 93.0 Å². The molecule has 0 spiro atoms. The molecule has 0 saturated carbocycles. The van der Waals surface area contributed by atoms with E-state index in [2.05, 4.69) is 32.2 Å². The topological polar surface area (TPSA) is 99.1 Å². The standard InChI is InChI=1S/C38H48FN5O5/c1-5-49-23-22-44-32-9-7-6-8-30(32)42-37(44)41-28-16-19-43(20-17-28)21-18-38(26-10-12-27(39)13-11-26)24-31(40-25-38)34(45)29-14-15-33(46-2)36(48-4)35(29)47-3/h6-15,28,31,40H,5,16-25H2,1-4H3,(H,41,42). The molecule has 2 aliphatic rings. The Morgan fingerprint density at radius 3 is 2.45 bits per heavy atom. The first-order chi connectivity index (χ1) is 23.9. The predicted octanol–water partition coefficient (Wildman–Crippen LogP) is 5.69. The maximum Gasteiger partial charge on any atom is 0.204 e. The van der Waals surface area contributed by atoms with Crippen LogP contribution in [0.4, 0.5) is 10.3 Å². The van der Waals surface area contributed by atoms with Crippen LogP contribution in [0.2, 0.25) is 0 Å². The summed E-state index contributed by atoms with van der Waals surface area (Å²) >= 11 is 0.